The smallest absolute Gasteiger partial charge is 0.269 e. The van der Waals surface area contributed by atoms with Gasteiger partial charge in [-0.15, -0.1) is 0 Å². The molecule has 0 saturated heterocycles. The maximum absolute atomic E-state index is 12.6. The van der Waals surface area contributed by atoms with Crippen LogP contribution in [0.5, 0.6) is 0 Å². The molecule has 0 saturated carbocycles. The lowest BCUT2D eigenvalue weighted by atomic mass is 10.2. The Bertz CT molecular complexity index is 949. The summed E-state index contributed by atoms with van der Waals surface area (Å²) in [6, 6.07) is 10.3. The number of benzene rings is 2. The molecule has 0 fully saturated rings. The number of nitro groups is 1. The number of sulfonamides is 1. The first kappa shape index (κ1) is 22.6. The summed E-state index contributed by atoms with van der Waals surface area (Å²) in [6.45, 7) is 1.89. The molecule has 3 atom stereocenters. The molecule has 2 N–H and O–H groups in total. The Balaban J connectivity index is 2.21. The first-order valence-electron chi connectivity index (χ1n) is 8.10. The summed E-state index contributed by atoms with van der Waals surface area (Å²) >= 11 is 3.10. The number of aliphatic hydroxyl groups excluding tert-OH is 1. The van der Waals surface area contributed by atoms with E-state index < -0.39 is 37.9 Å². The number of nitrogens with one attached hydrogen (secondary N) is 1. The number of nitrogens with zero attached hydrogens (tertiary/aromatic N) is 1. The van der Waals surface area contributed by atoms with Gasteiger partial charge in [-0.25, -0.2) is 13.1 Å². The van der Waals surface area contributed by atoms with Crippen molar-refractivity contribution in [2.45, 2.75) is 28.9 Å². The third-order valence-corrected chi connectivity index (χ3v) is 7.53. The van der Waals surface area contributed by atoms with Crippen LogP contribution < -0.4 is 4.72 Å². The zero-order valence-corrected chi connectivity index (χ0v) is 18.0. The molecule has 0 bridgehead atoms. The van der Waals surface area contributed by atoms with Crippen LogP contribution in [-0.2, 0) is 20.8 Å². The van der Waals surface area contributed by atoms with Gasteiger partial charge in [0.2, 0.25) is 10.0 Å². The Morgan fingerprint density at radius 1 is 1.18 bits per heavy atom. The van der Waals surface area contributed by atoms with Crippen molar-refractivity contribution in [2.24, 2.45) is 0 Å². The molecule has 152 valence electrons. The predicted molar refractivity (Wildman–Crippen MR) is 109 cm³/mol. The Labute approximate surface area is 173 Å². The van der Waals surface area contributed by atoms with Crippen molar-refractivity contribution in [3.8, 4) is 0 Å². The first-order chi connectivity index (χ1) is 13.1. The lowest BCUT2D eigenvalue weighted by Gasteiger charge is -2.22. The van der Waals surface area contributed by atoms with E-state index in [2.05, 4.69) is 20.7 Å². The number of non-ortho nitro benzene ring substituents is 1. The van der Waals surface area contributed by atoms with Gasteiger partial charge in [-0.05, 0) is 31.2 Å². The summed E-state index contributed by atoms with van der Waals surface area (Å²) in [4.78, 5) is 10.4. The van der Waals surface area contributed by atoms with Crippen molar-refractivity contribution in [2.75, 3.05) is 11.1 Å². The number of rotatable bonds is 9. The largest absolute Gasteiger partial charge is 0.391 e. The average Bonchev–Trinajstić information content (AvgIpc) is 2.67. The lowest BCUT2D eigenvalue weighted by molar-refractivity contribution is -0.384. The number of halogens is 1. The van der Waals surface area contributed by atoms with Crippen LogP contribution in [0.4, 0.5) is 5.69 Å². The Kier molecular flexibility index (Phi) is 7.84. The van der Waals surface area contributed by atoms with Gasteiger partial charge in [-0.1, -0.05) is 33.6 Å². The molecule has 0 heterocycles. The van der Waals surface area contributed by atoms with Gasteiger partial charge < -0.3 is 5.11 Å². The minimum Gasteiger partial charge on any atom is -0.391 e. The molecule has 2 aromatic rings. The molecule has 0 aliphatic rings. The summed E-state index contributed by atoms with van der Waals surface area (Å²) < 4.78 is 40.2. The molecule has 8 nitrogen and oxygen atoms in total. The fourth-order valence-corrected chi connectivity index (χ4v) is 5.38. The highest BCUT2D eigenvalue weighted by molar-refractivity contribution is 9.09. The first-order valence-corrected chi connectivity index (χ1v) is 12.0. The lowest BCUT2D eigenvalue weighted by Crippen LogP contribution is -2.47. The summed E-state index contributed by atoms with van der Waals surface area (Å²) in [5.41, 5.74) is 0.758. The van der Waals surface area contributed by atoms with Crippen molar-refractivity contribution in [1.82, 2.24) is 4.72 Å². The van der Waals surface area contributed by atoms with E-state index in [1.54, 1.807) is 24.3 Å². The van der Waals surface area contributed by atoms with E-state index in [-0.39, 0.29) is 21.7 Å². The number of hydrogen-bond donors (Lipinski definition) is 2. The standard InChI is InChI=1S/C17H19BrN2O6S2/c1-12-2-6-14(7-3-12)27(24)11-16(17(21)10-18)19-28(25,26)15-8-4-13(5-9-15)20(22)23/h2-9,16-17,19,21H,10-11H2,1H3/t16-,17-,27-/m0/s1. The summed E-state index contributed by atoms with van der Waals surface area (Å²) in [6.07, 6.45) is -1.12. The maximum Gasteiger partial charge on any atom is 0.269 e. The van der Waals surface area contributed by atoms with Crippen LogP contribution in [0, 0.1) is 17.0 Å². The topological polar surface area (TPSA) is 127 Å². The fourth-order valence-electron chi connectivity index (χ4n) is 2.29. The van der Waals surface area contributed by atoms with Gasteiger partial charge in [0.05, 0.1) is 32.8 Å². The summed E-state index contributed by atoms with van der Waals surface area (Å²) in [5.74, 6) is -0.137. The number of aryl methyl sites for hydroxylation is 1. The molecular formula is C17H19BrN2O6S2. The monoisotopic (exact) mass is 490 g/mol. The van der Waals surface area contributed by atoms with Gasteiger partial charge in [-0.2, -0.15) is 0 Å². The fraction of sp³-hybridized carbons (Fsp3) is 0.294. The van der Waals surface area contributed by atoms with Gasteiger partial charge in [-0.3, -0.25) is 14.3 Å². The maximum atomic E-state index is 12.6. The van der Waals surface area contributed by atoms with Gasteiger partial charge in [0.1, 0.15) is 0 Å². The second-order valence-electron chi connectivity index (χ2n) is 6.03. The number of alkyl halides is 1. The number of aliphatic hydroxyl groups is 1. The van der Waals surface area contributed by atoms with E-state index in [1.807, 2.05) is 6.92 Å². The van der Waals surface area contributed by atoms with Crippen molar-refractivity contribution < 1.29 is 22.7 Å². The van der Waals surface area contributed by atoms with Crippen LogP contribution in [-0.4, -0.2) is 45.9 Å². The van der Waals surface area contributed by atoms with Crippen molar-refractivity contribution in [3.05, 3.63) is 64.2 Å². The van der Waals surface area contributed by atoms with E-state index in [4.69, 9.17) is 0 Å². The number of hydrogen-bond acceptors (Lipinski definition) is 6. The molecular weight excluding hydrogens is 472 g/mol. The molecule has 0 spiro atoms. The normalized spacial score (nSPS) is 15.0. The molecule has 2 rings (SSSR count). The third-order valence-electron chi connectivity index (χ3n) is 3.90. The minimum absolute atomic E-state index is 0.0749. The van der Waals surface area contributed by atoms with E-state index in [0.29, 0.717) is 4.90 Å². The zero-order chi connectivity index (χ0) is 20.9. The molecule has 0 amide bonds. The zero-order valence-electron chi connectivity index (χ0n) is 14.8. The molecule has 0 aromatic heterocycles. The van der Waals surface area contributed by atoms with Crippen LogP contribution in [0.2, 0.25) is 0 Å². The van der Waals surface area contributed by atoms with Gasteiger partial charge in [0, 0.05) is 28.1 Å². The van der Waals surface area contributed by atoms with Crippen LogP contribution >= 0.6 is 15.9 Å². The minimum atomic E-state index is -4.08. The number of nitro benzene ring substituents is 1. The van der Waals surface area contributed by atoms with Crippen molar-refractivity contribution in [3.63, 3.8) is 0 Å². The second-order valence-corrected chi connectivity index (χ2v) is 9.88. The third kappa shape index (κ3) is 5.92. The van der Waals surface area contributed by atoms with E-state index in [1.165, 1.54) is 0 Å². The predicted octanol–water partition coefficient (Wildman–Crippen LogP) is 2.11. The summed E-state index contributed by atoms with van der Waals surface area (Å²) in [5, 5.41) is 21.0. The summed E-state index contributed by atoms with van der Waals surface area (Å²) in [7, 11) is -5.62. The molecule has 11 heteroatoms. The molecule has 0 unspecified atom stereocenters. The molecule has 0 aliphatic carbocycles. The van der Waals surface area contributed by atoms with Gasteiger partial charge in [0.15, 0.2) is 0 Å². The van der Waals surface area contributed by atoms with E-state index in [0.717, 1.165) is 29.8 Å². The molecule has 2 aromatic carbocycles. The highest BCUT2D eigenvalue weighted by Crippen LogP contribution is 2.18. The second kappa shape index (κ2) is 9.70. The van der Waals surface area contributed by atoms with Crippen molar-refractivity contribution in [1.29, 1.82) is 0 Å². The van der Waals surface area contributed by atoms with E-state index in [9.17, 15) is 27.8 Å². The molecule has 28 heavy (non-hydrogen) atoms. The Morgan fingerprint density at radius 2 is 1.75 bits per heavy atom. The highest BCUT2D eigenvalue weighted by atomic mass is 79.9. The van der Waals surface area contributed by atoms with Gasteiger partial charge >= 0.3 is 0 Å². The average molecular weight is 491 g/mol. The SMILES string of the molecule is Cc1ccc([S@@](=O)C[C@H](NS(=O)(=O)c2ccc([N+](=O)[O-])cc2)[C@@H](O)CBr)cc1. The molecule has 0 aliphatic heterocycles. The van der Waals surface area contributed by atoms with Gasteiger partial charge in [0.25, 0.3) is 5.69 Å². The van der Waals surface area contributed by atoms with Crippen LogP contribution in [0.25, 0.3) is 0 Å². The Hall–Kier alpha value is -1.66. The van der Waals surface area contributed by atoms with E-state index >= 15 is 0 Å². The van der Waals surface area contributed by atoms with Crippen LogP contribution in [0.15, 0.2) is 58.3 Å². The Morgan fingerprint density at radius 3 is 2.25 bits per heavy atom. The quantitative estimate of drug-likeness (QED) is 0.314. The van der Waals surface area contributed by atoms with Crippen molar-refractivity contribution >= 4 is 42.4 Å². The van der Waals surface area contributed by atoms with Crippen LogP contribution in [0.3, 0.4) is 0 Å². The highest BCUT2D eigenvalue weighted by Gasteiger charge is 2.28. The van der Waals surface area contributed by atoms with Crippen LogP contribution in [0.1, 0.15) is 5.56 Å². The molecule has 0 radical (unpaired) electrons.